The van der Waals surface area contributed by atoms with Crippen LogP contribution in [-0.4, -0.2) is 5.11 Å². The molecular formula is C12H14O. The molecular weight excluding hydrogens is 160 g/mol. The second kappa shape index (κ2) is 3.25. The summed E-state index contributed by atoms with van der Waals surface area (Å²) in [4.78, 5) is 0. The van der Waals surface area contributed by atoms with Gasteiger partial charge in [0.05, 0.1) is 0 Å². The standard InChI is InChI=1S/C12H14O/c1-9-5-2-3-6-11-10(9)7-4-8-12(11)13/h4,7-8,13H,1-3,5-6H2. The topological polar surface area (TPSA) is 20.2 Å². The molecule has 0 atom stereocenters. The van der Waals surface area contributed by atoms with E-state index < -0.39 is 0 Å². The highest BCUT2D eigenvalue weighted by molar-refractivity contribution is 5.69. The highest BCUT2D eigenvalue weighted by Gasteiger charge is 2.13. The normalized spacial score (nSPS) is 16.5. The summed E-state index contributed by atoms with van der Waals surface area (Å²) in [6, 6.07) is 5.71. The number of fused-ring (bicyclic) bond motifs is 1. The molecule has 1 aromatic rings. The zero-order valence-electron chi connectivity index (χ0n) is 7.71. The molecule has 0 unspecified atom stereocenters. The van der Waals surface area contributed by atoms with Crippen LogP contribution in [0.3, 0.4) is 0 Å². The summed E-state index contributed by atoms with van der Waals surface area (Å²) in [6.07, 6.45) is 4.40. The van der Waals surface area contributed by atoms with Gasteiger partial charge in [-0.05, 0) is 42.9 Å². The van der Waals surface area contributed by atoms with Crippen molar-refractivity contribution in [2.45, 2.75) is 25.7 Å². The van der Waals surface area contributed by atoms with E-state index in [9.17, 15) is 5.11 Å². The van der Waals surface area contributed by atoms with Gasteiger partial charge >= 0.3 is 0 Å². The predicted octanol–water partition coefficient (Wildman–Crippen LogP) is 3.13. The van der Waals surface area contributed by atoms with Gasteiger partial charge in [-0.15, -0.1) is 0 Å². The van der Waals surface area contributed by atoms with Crippen molar-refractivity contribution in [3.63, 3.8) is 0 Å². The van der Waals surface area contributed by atoms with Crippen LogP contribution in [0.4, 0.5) is 0 Å². The maximum atomic E-state index is 9.66. The number of rotatable bonds is 0. The molecule has 0 aliphatic heterocycles. The lowest BCUT2D eigenvalue weighted by Crippen LogP contribution is -1.89. The van der Waals surface area contributed by atoms with Crippen molar-refractivity contribution in [1.29, 1.82) is 0 Å². The highest BCUT2D eigenvalue weighted by Crippen LogP contribution is 2.32. The number of hydrogen-bond donors (Lipinski definition) is 1. The van der Waals surface area contributed by atoms with Gasteiger partial charge in [0.1, 0.15) is 5.75 Å². The summed E-state index contributed by atoms with van der Waals surface area (Å²) < 4.78 is 0. The average molecular weight is 174 g/mol. The van der Waals surface area contributed by atoms with Gasteiger partial charge < -0.3 is 5.11 Å². The van der Waals surface area contributed by atoms with Gasteiger partial charge in [0.2, 0.25) is 0 Å². The summed E-state index contributed by atoms with van der Waals surface area (Å²) in [5.74, 6) is 0.431. The molecule has 0 aromatic heterocycles. The Hall–Kier alpha value is -1.24. The Morgan fingerprint density at radius 2 is 1.92 bits per heavy atom. The number of allylic oxidation sites excluding steroid dienone is 1. The van der Waals surface area contributed by atoms with Crippen LogP contribution in [0, 0.1) is 0 Å². The maximum Gasteiger partial charge on any atom is 0.119 e. The van der Waals surface area contributed by atoms with Gasteiger partial charge in [0.15, 0.2) is 0 Å². The Morgan fingerprint density at radius 1 is 1.15 bits per heavy atom. The number of benzene rings is 1. The van der Waals surface area contributed by atoms with Crippen LogP contribution in [0.5, 0.6) is 5.75 Å². The zero-order chi connectivity index (χ0) is 9.26. The summed E-state index contributed by atoms with van der Waals surface area (Å²) in [5, 5.41) is 9.66. The lowest BCUT2D eigenvalue weighted by atomic mass is 9.99. The van der Waals surface area contributed by atoms with E-state index in [1.54, 1.807) is 6.07 Å². The summed E-state index contributed by atoms with van der Waals surface area (Å²) in [6.45, 7) is 4.05. The van der Waals surface area contributed by atoms with E-state index in [2.05, 4.69) is 12.6 Å². The molecule has 1 N–H and O–H groups in total. The molecule has 2 rings (SSSR count). The van der Waals surface area contributed by atoms with E-state index in [1.807, 2.05) is 6.07 Å². The molecule has 13 heavy (non-hydrogen) atoms. The fraction of sp³-hybridized carbons (Fsp3) is 0.333. The molecule has 1 aliphatic rings. The average Bonchev–Trinajstić information content (AvgIpc) is 2.30. The van der Waals surface area contributed by atoms with Crippen LogP contribution in [0.2, 0.25) is 0 Å². The molecule has 1 nitrogen and oxygen atoms in total. The van der Waals surface area contributed by atoms with E-state index in [-0.39, 0.29) is 0 Å². The molecule has 68 valence electrons. The Morgan fingerprint density at radius 3 is 2.77 bits per heavy atom. The first-order valence-corrected chi connectivity index (χ1v) is 4.78. The number of aromatic hydroxyl groups is 1. The van der Waals surface area contributed by atoms with Crippen molar-refractivity contribution in [2.24, 2.45) is 0 Å². The van der Waals surface area contributed by atoms with Crippen LogP contribution in [0.15, 0.2) is 24.8 Å². The summed E-state index contributed by atoms with van der Waals surface area (Å²) in [7, 11) is 0. The minimum atomic E-state index is 0.431. The molecule has 0 heterocycles. The van der Waals surface area contributed by atoms with Crippen LogP contribution in [0.25, 0.3) is 5.57 Å². The quantitative estimate of drug-likeness (QED) is 0.599. The van der Waals surface area contributed by atoms with Gasteiger partial charge in [0, 0.05) is 5.56 Å². The van der Waals surface area contributed by atoms with Gasteiger partial charge in [-0.2, -0.15) is 0 Å². The molecule has 1 aliphatic carbocycles. The van der Waals surface area contributed by atoms with Crippen molar-refractivity contribution in [2.75, 3.05) is 0 Å². The molecule has 0 radical (unpaired) electrons. The monoisotopic (exact) mass is 174 g/mol. The number of phenols is 1. The smallest absolute Gasteiger partial charge is 0.119 e. The SMILES string of the molecule is C=C1CCCCc2c(O)cccc21. The molecule has 0 amide bonds. The van der Waals surface area contributed by atoms with Gasteiger partial charge in [0.25, 0.3) is 0 Å². The lowest BCUT2D eigenvalue weighted by molar-refractivity contribution is 0.467. The first-order chi connectivity index (χ1) is 6.29. The maximum absolute atomic E-state index is 9.66. The first kappa shape index (κ1) is 8.36. The van der Waals surface area contributed by atoms with E-state index >= 15 is 0 Å². The third kappa shape index (κ3) is 1.46. The van der Waals surface area contributed by atoms with Gasteiger partial charge in [-0.3, -0.25) is 0 Å². The number of phenolic OH excluding ortho intramolecular Hbond substituents is 1. The molecule has 1 heteroatoms. The van der Waals surface area contributed by atoms with Crippen molar-refractivity contribution in [3.05, 3.63) is 35.9 Å². The zero-order valence-corrected chi connectivity index (χ0v) is 7.71. The predicted molar refractivity (Wildman–Crippen MR) is 54.7 cm³/mol. The van der Waals surface area contributed by atoms with E-state index in [1.165, 1.54) is 12.0 Å². The van der Waals surface area contributed by atoms with E-state index in [0.717, 1.165) is 30.4 Å². The van der Waals surface area contributed by atoms with Crippen molar-refractivity contribution in [1.82, 2.24) is 0 Å². The lowest BCUT2D eigenvalue weighted by Gasteiger charge is -2.08. The van der Waals surface area contributed by atoms with Gasteiger partial charge in [-0.1, -0.05) is 18.7 Å². The third-order valence-electron chi connectivity index (χ3n) is 2.69. The Labute approximate surface area is 78.7 Å². The van der Waals surface area contributed by atoms with E-state index in [4.69, 9.17) is 0 Å². The van der Waals surface area contributed by atoms with Crippen LogP contribution in [-0.2, 0) is 6.42 Å². The fourth-order valence-electron chi connectivity index (χ4n) is 1.94. The Kier molecular flexibility index (Phi) is 2.09. The van der Waals surface area contributed by atoms with Gasteiger partial charge in [-0.25, -0.2) is 0 Å². The minimum Gasteiger partial charge on any atom is -0.508 e. The Bertz CT molecular complexity index is 339. The van der Waals surface area contributed by atoms with E-state index in [0.29, 0.717) is 5.75 Å². The minimum absolute atomic E-state index is 0.431. The summed E-state index contributed by atoms with van der Waals surface area (Å²) in [5.41, 5.74) is 3.42. The van der Waals surface area contributed by atoms with Crippen molar-refractivity contribution < 1.29 is 5.11 Å². The van der Waals surface area contributed by atoms with Crippen LogP contribution in [0.1, 0.15) is 30.4 Å². The summed E-state index contributed by atoms with van der Waals surface area (Å²) >= 11 is 0. The third-order valence-corrected chi connectivity index (χ3v) is 2.69. The largest absolute Gasteiger partial charge is 0.508 e. The molecule has 1 aromatic carbocycles. The van der Waals surface area contributed by atoms with Crippen LogP contribution >= 0.6 is 0 Å². The Balaban J connectivity index is 2.54. The van der Waals surface area contributed by atoms with Crippen molar-refractivity contribution in [3.8, 4) is 5.75 Å². The molecule has 0 bridgehead atoms. The molecule has 0 saturated carbocycles. The first-order valence-electron chi connectivity index (χ1n) is 4.78. The van der Waals surface area contributed by atoms with Crippen LogP contribution < -0.4 is 0 Å². The fourth-order valence-corrected chi connectivity index (χ4v) is 1.94. The molecule has 0 fully saturated rings. The molecule has 0 spiro atoms. The van der Waals surface area contributed by atoms with Crippen molar-refractivity contribution >= 4 is 5.57 Å². The highest BCUT2D eigenvalue weighted by atomic mass is 16.3. The molecule has 0 saturated heterocycles. The second-order valence-electron chi connectivity index (χ2n) is 3.61. The second-order valence-corrected chi connectivity index (χ2v) is 3.61. The number of hydrogen-bond acceptors (Lipinski definition) is 1.